The Balaban J connectivity index is 1.17. The number of allylic oxidation sites excluding steroid dienone is 4. The van der Waals surface area contributed by atoms with Gasteiger partial charge in [0.05, 0.1) is 17.7 Å². The zero-order valence-corrected chi connectivity index (χ0v) is 26.9. The van der Waals surface area contributed by atoms with Gasteiger partial charge >= 0.3 is 0 Å². The van der Waals surface area contributed by atoms with E-state index in [1.165, 1.54) is 56.9 Å². The van der Waals surface area contributed by atoms with Gasteiger partial charge in [-0.05, 0) is 144 Å². The maximum Gasteiger partial charge on any atom is 0.0696 e. The number of piperidine rings is 1. The number of aliphatic hydroxyl groups is 2. The van der Waals surface area contributed by atoms with Crippen molar-refractivity contribution in [2.45, 2.75) is 128 Å². The fourth-order valence-corrected chi connectivity index (χ4v) is 13.4. The molecule has 0 aromatic carbocycles. The van der Waals surface area contributed by atoms with Gasteiger partial charge in [-0.25, -0.2) is 0 Å². The normalized spacial score (nSPS) is 54.3. The molecule has 2 bridgehead atoms. The lowest BCUT2D eigenvalue weighted by atomic mass is 9.45. The molecule has 4 nitrogen and oxygen atoms in total. The number of nitrogens with one attached hydrogen (secondary N) is 2. The first kappa shape index (κ1) is 28.3. The van der Waals surface area contributed by atoms with E-state index in [4.69, 9.17) is 0 Å². The van der Waals surface area contributed by atoms with Gasteiger partial charge in [-0.3, -0.25) is 5.32 Å². The van der Waals surface area contributed by atoms with Crippen molar-refractivity contribution in [1.82, 2.24) is 10.6 Å². The van der Waals surface area contributed by atoms with E-state index in [2.05, 4.69) is 63.1 Å². The van der Waals surface area contributed by atoms with Crippen molar-refractivity contribution in [3.63, 3.8) is 0 Å². The van der Waals surface area contributed by atoms with Crippen molar-refractivity contribution in [1.29, 1.82) is 0 Å². The van der Waals surface area contributed by atoms with Crippen molar-refractivity contribution in [3.05, 3.63) is 47.1 Å². The van der Waals surface area contributed by atoms with Crippen LogP contribution in [-0.2, 0) is 0 Å². The number of fused-ring (bicyclic) bond motifs is 4. The molecule has 42 heavy (non-hydrogen) atoms. The maximum atomic E-state index is 11.4. The van der Waals surface area contributed by atoms with E-state index in [9.17, 15) is 10.2 Å². The second-order valence-electron chi connectivity index (χ2n) is 17.1. The molecule has 0 aromatic heterocycles. The van der Waals surface area contributed by atoms with Gasteiger partial charge in [0.2, 0.25) is 0 Å². The van der Waals surface area contributed by atoms with Crippen LogP contribution < -0.4 is 10.6 Å². The number of rotatable bonds is 4. The molecule has 4 N–H and O–H groups in total. The molecular weight excluding hydrogens is 516 g/mol. The molecule has 2 aliphatic heterocycles. The Morgan fingerprint density at radius 2 is 1.86 bits per heavy atom. The highest BCUT2D eigenvalue weighted by Crippen LogP contribution is 2.75. The molecule has 4 heteroatoms. The Morgan fingerprint density at radius 3 is 2.62 bits per heavy atom. The summed E-state index contributed by atoms with van der Waals surface area (Å²) in [7, 11) is 0. The van der Waals surface area contributed by atoms with Gasteiger partial charge in [0.1, 0.15) is 0 Å². The van der Waals surface area contributed by atoms with Crippen LogP contribution in [0.15, 0.2) is 47.1 Å². The molecular formula is C38H56N2O2. The number of hydrogen-bond acceptors (Lipinski definition) is 4. The van der Waals surface area contributed by atoms with Crippen LogP contribution in [0.3, 0.4) is 0 Å². The van der Waals surface area contributed by atoms with Crippen LogP contribution in [0.4, 0.5) is 0 Å². The first-order valence-electron chi connectivity index (χ1n) is 17.6. The van der Waals surface area contributed by atoms with Gasteiger partial charge in [0, 0.05) is 23.5 Å². The van der Waals surface area contributed by atoms with Crippen LogP contribution >= 0.6 is 0 Å². The first-order valence-corrected chi connectivity index (χ1v) is 17.6. The second kappa shape index (κ2) is 9.18. The molecule has 230 valence electrons. The summed E-state index contributed by atoms with van der Waals surface area (Å²) in [5, 5.41) is 29.4. The molecule has 0 radical (unpaired) electrons. The SMILES string of the molecule is C=C(C)[C@@H]1CC[C@]2(C)C(=C(C)C=C3[C@@H]2CC[C@H]2C[C@H]4C[C@H]5C[C@@H]6C[C@@H](NC[C@H](C)O)[C@H](O)C[C@@H]6[C@]56C=C[C@@]32N[C@@]46C)C1. The van der Waals surface area contributed by atoms with Gasteiger partial charge in [-0.2, -0.15) is 0 Å². The molecule has 0 aromatic rings. The molecule has 6 aliphatic carbocycles. The van der Waals surface area contributed by atoms with E-state index >= 15 is 0 Å². The molecule has 5 saturated carbocycles. The van der Waals surface area contributed by atoms with Crippen molar-refractivity contribution < 1.29 is 10.2 Å². The summed E-state index contributed by atoms with van der Waals surface area (Å²) >= 11 is 0. The maximum absolute atomic E-state index is 11.4. The van der Waals surface area contributed by atoms with Crippen molar-refractivity contribution in [3.8, 4) is 0 Å². The number of aliphatic hydroxyl groups excluding tert-OH is 2. The highest BCUT2D eigenvalue weighted by atomic mass is 16.3. The van der Waals surface area contributed by atoms with E-state index in [0.29, 0.717) is 42.1 Å². The van der Waals surface area contributed by atoms with Crippen molar-refractivity contribution >= 4 is 0 Å². The van der Waals surface area contributed by atoms with Crippen LogP contribution in [0.5, 0.6) is 0 Å². The molecule has 6 fully saturated rings. The lowest BCUT2D eigenvalue weighted by Crippen LogP contribution is -2.75. The van der Waals surface area contributed by atoms with Gasteiger partial charge in [0.15, 0.2) is 0 Å². The monoisotopic (exact) mass is 572 g/mol. The molecule has 8 rings (SSSR count). The molecule has 1 saturated heterocycles. The molecule has 0 unspecified atom stereocenters. The quantitative estimate of drug-likeness (QED) is 0.292. The predicted molar refractivity (Wildman–Crippen MR) is 170 cm³/mol. The highest BCUT2D eigenvalue weighted by Gasteiger charge is 2.75. The number of hydrogen-bond donors (Lipinski definition) is 4. The lowest BCUT2D eigenvalue weighted by molar-refractivity contribution is -0.0581. The second-order valence-corrected chi connectivity index (χ2v) is 17.1. The van der Waals surface area contributed by atoms with E-state index < -0.39 is 0 Å². The summed E-state index contributed by atoms with van der Waals surface area (Å²) in [6, 6.07) is 0.110. The summed E-state index contributed by atoms with van der Waals surface area (Å²) in [6.07, 6.45) is 19.9. The average molecular weight is 573 g/mol. The minimum atomic E-state index is -0.376. The Kier molecular flexibility index (Phi) is 6.18. The van der Waals surface area contributed by atoms with Gasteiger partial charge in [0.25, 0.3) is 0 Å². The van der Waals surface area contributed by atoms with Crippen LogP contribution in [0, 0.1) is 52.3 Å². The Morgan fingerprint density at radius 1 is 1.07 bits per heavy atom. The smallest absolute Gasteiger partial charge is 0.0696 e. The Labute approximate surface area is 254 Å². The molecule has 8 aliphatic rings. The minimum absolute atomic E-state index is 0.0119. The summed E-state index contributed by atoms with van der Waals surface area (Å²) < 4.78 is 0. The third-order valence-electron chi connectivity index (χ3n) is 15.3. The van der Waals surface area contributed by atoms with Gasteiger partial charge < -0.3 is 15.5 Å². The average Bonchev–Trinajstić information content (AvgIpc) is 3.38. The topological polar surface area (TPSA) is 64.5 Å². The van der Waals surface area contributed by atoms with E-state index in [-0.39, 0.29) is 40.2 Å². The highest BCUT2D eigenvalue weighted by molar-refractivity contribution is 5.52. The third kappa shape index (κ3) is 3.45. The molecule has 14 atom stereocenters. The zero-order chi connectivity index (χ0) is 29.4. The summed E-state index contributed by atoms with van der Waals surface area (Å²) in [6.45, 7) is 16.7. The first-order chi connectivity index (χ1) is 19.9. The van der Waals surface area contributed by atoms with E-state index in [0.717, 1.165) is 18.8 Å². The molecule has 0 amide bonds. The molecule has 2 heterocycles. The molecule has 2 spiro atoms. The van der Waals surface area contributed by atoms with Crippen molar-refractivity contribution in [2.75, 3.05) is 6.54 Å². The van der Waals surface area contributed by atoms with E-state index in [1.807, 2.05) is 6.92 Å². The van der Waals surface area contributed by atoms with E-state index in [1.54, 1.807) is 16.7 Å². The van der Waals surface area contributed by atoms with Crippen LogP contribution in [0.25, 0.3) is 0 Å². The minimum Gasteiger partial charge on any atom is -0.392 e. The Bertz CT molecular complexity index is 1280. The fraction of sp³-hybridized carbons (Fsp3) is 0.789. The zero-order valence-electron chi connectivity index (χ0n) is 26.9. The fourth-order valence-electron chi connectivity index (χ4n) is 13.4. The largest absolute Gasteiger partial charge is 0.392 e. The summed E-state index contributed by atoms with van der Waals surface area (Å²) in [5.41, 5.74) is 6.86. The summed E-state index contributed by atoms with van der Waals surface area (Å²) in [5.74, 6) is 4.61. The Hall–Kier alpha value is -1.20. The summed E-state index contributed by atoms with van der Waals surface area (Å²) in [4.78, 5) is 0. The standard InChI is InChI=1S/C38H56N2O2/c1-21(2)24-9-10-35(5)29-8-7-26-17-27-18-28-14-25-16-33(39-20-23(4)41)34(42)19-31(25)37(28)11-12-38(26,40-36(27,37)6)32(29)13-22(3)30(35)15-24/h11-13,23-29,31,33-34,39-42H,1,7-10,14-20H2,2-6H3/t23-,24+,25+,26-,27-,28+,29-,31-,33+,34+,35-,36-,37-,38-/m0/s1. The lowest BCUT2D eigenvalue weighted by Gasteiger charge is -2.67. The van der Waals surface area contributed by atoms with Crippen LogP contribution in [0.2, 0.25) is 0 Å². The van der Waals surface area contributed by atoms with Gasteiger partial charge in [-0.1, -0.05) is 48.5 Å². The third-order valence-corrected chi connectivity index (χ3v) is 15.3. The predicted octanol–water partition coefficient (Wildman–Crippen LogP) is 6.46. The van der Waals surface area contributed by atoms with Crippen molar-refractivity contribution in [2.24, 2.45) is 52.3 Å². The van der Waals surface area contributed by atoms with Gasteiger partial charge in [-0.15, -0.1) is 0 Å². The van der Waals surface area contributed by atoms with Crippen LogP contribution in [-0.4, -0.2) is 46.1 Å². The van der Waals surface area contributed by atoms with Crippen LogP contribution in [0.1, 0.15) is 98.8 Å².